The maximum atomic E-state index is 12.8. The molecule has 0 saturated carbocycles. The SMILES string of the molecule is CCC(O)C(C)(O)C(O)C(C)C(=O)C(C)CC(C)(O)C(O)C(C)C(O)C(C)C(=O)O. The van der Waals surface area contributed by atoms with Crippen LogP contribution in [-0.2, 0) is 9.59 Å². The number of aliphatic carboxylic acids is 1. The summed E-state index contributed by atoms with van der Waals surface area (Å²) < 4.78 is 0. The van der Waals surface area contributed by atoms with E-state index in [0.717, 1.165) is 0 Å². The fourth-order valence-electron chi connectivity index (χ4n) is 3.92. The molecule has 7 N–H and O–H groups in total. The molecule has 0 fully saturated rings. The third kappa shape index (κ3) is 6.70. The average Bonchev–Trinajstić information content (AvgIpc) is 2.68. The van der Waals surface area contributed by atoms with E-state index in [9.17, 15) is 40.2 Å². The number of ketones is 1. The normalized spacial score (nSPS) is 24.3. The van der Waals surface area contributed by atoms with Crippen LogP contribution in [0.5, 0.6) is 0 Å². The molecule has 0 aromatic rings. The van der Waals surface area contributed by atoms with Crippen molar-refractivity contribution in [3.8, 4) is 0 Å². The first-order valence-corrected chi connectivity index (χ1v) is 10.4. The maximum Gasteiger partial charge on any atom is 0.308 e. The quantitative estimate of drug-likeness (QED) is 0.208. The number of Topliss-reactive ketones (excluding diaryl/α,β-unsaturated/α-hetero) is 1. The van der Waals surface area contributed by atoms with Gasteiger partial charge in [-0.2, -0.15) is 0 Å². The lowest BCUT2D eigenvalue weighted by molar-refractivity contribution is -0.164. The van der Waals surface area contributed by atoms with Crippen LogP contribution < -0.4 is 0 Å². The molecule has 0 aromatic heterocycles. The molecule has 0 aliphatic heterocycles. The van der Waals surface area contributed by atoms with Crippen LogP contribution >= 0.6 is 0 Å². The van der Waals surface area contributed by atoms with Gasteiger partial charge in [-0.15, -0.1) is 0 Å². The molecule has 0 aliphatic carbocycles. The summed E-state index contributed by atoms with van der Waals surface area (Å²) >= 11 is 0. The van der Waals surface area contributed by atoms with Gasteiger partial charge < -0.3 is 35.7 Å². The molecular weight excluding hydrogens is 396 g/mol. The number of aliphatic hydroxyl groups excluding tert-OH is 4. The predicted octanol–water partition coefficient (Wildman–Crippen LogP) is -0.0698. The van der Waals surface area contributed by atoms with E-state index >= 15 is 0 Å². The summed E-state index contributed by atoms with van der Waals surface area (Å²) in [6.45, 7) is 9.76. The highest BCUT2D eigenvalue weighted by Gasteiger charge is 2.45. The minimum Gasteiger partial charge on any atom is -0.481 e. The lowest BCUT2D eigenvalue weighted by Crippen LogP contribution is -2.54. The largest absolute Gasteiger partial charge is 0.481 e. The van der Waals surface area contributed by atoms with Crippen molar-refractivity contribution in [2.24, 2.45) is 23.7 Å². The Morgan fingerprint density at radius 3 is 1.73 bits per heavy atom. The van der Waals surface area contributed by atoms with Crippen LogP contribution in [0, 0.1) is 23.7 Å². The molecule has 0 heterocycles. The van der Waals surface area contributed by atoms with Gasteiger partial charge in [-0.1, -0.05) is 27.7 Å². The number of hydrogen-bond acceptors (Lipinski definition) is 8. The van der Waals surface area contributed by atoms with Crippen LogP contribution in [0.3, 0.4) is 0 Å². The third-order valence-corrected chi connectivity index (χ3v) is 6.36. The standard InChI is InChI=1S/C21H40O9/c1-8-14(22)21(7,30)18(26)11(3)15(23)10(2)9-20(6,29)17(25)12(4)16(24)13(5)19(27)28/h10-14,16-18,22,24-26,29-30H,8-9H2,1-7H3,(H,27,28). The van der Waals surface area contributed by atoms with Crippen LogP contribution in [-0.4, -0.2) is 83.1 Å². The van der Waals surface area contributed by atoms with E-state index in [0.29, 0.717) is 0 Å². The molecule has 30 heavy (non-hydrogen) atoms. The Hall–Kier alpha value is -1.10. The fraction of sp³-hybridized carbons (Fsp3) is 0.905. The molecule has 0 spiro atoms. The second kappa shape index (κ2) is 11.0. The first-order valence-electron chi connectivity index (χ1n) is 10.4. The number of carboxylic acid groups (broad SMARTS) is 1. The summed E-state index contributed by atoms with van der Waals surface area (Å²) in [5.41, 5.74) is -3.74. The zero-order valence-electron chi connectivity index (χ0n) is 19.0. The Balaban J connectivity index is 5.30. The highest BCUT2D eigenvalue weighted by molar-refractivity contribution is 5.83. The summed E-state index contributed by atoms with van der Waals surface area (Å²) in [5.74, 6) is -5.77. The molecule has 10 unspecified atom stereocenters. The van der Waals surface area contributed by atoms with E-state index in [2.05, 4.69) is 0 Å². The number of carboxylic acids is 1. The summed E-state index contributed by atoms with van der Waals surface area (Å²) in [5, 5.41) is 71.2. The average molecular weight is 437 g/mol. The van der Waals surface area contributed by atoms with E-state index in [-0.39, 0.29) is 12.8 Å². The first-order chi connectivity index (χ1) is 13.4. The molecule has 0 rings (SSSR count). The number of carbonyl (C=O) groups is 2. The molecule has 10 atom stereocenters. The molecule has 0 aromatic carbocycles. The second-order valence-electron chi connectivity index (χ2n) is 9.17. The lowest BCUT2D eigenvalue weighted by Gasteiger charge is -2.39. The third-order valence-electron chi connectivity index (χ3n) is 6.36. The molecule has 178 valence electrons. The Morgan fingerprint density at radius 1 is 0.867 bits per heavy atom. The van der Waals surface area contributed by atoms with Gasteiger partial charge in [0.1, 0.15) is 11.4 Å². The van der Waals surface area contributed by atoms with Gasteiger partial charge >= 0.3 is 5.97 Å². The zero-order valence-corrected chi connectivity index (χ0v) is 19.0. The van der Waals surface area contributed by atoms with E-state index in [1.54, 1.807) is 6.92 Å². The minimum atomic E-state index is -1.91. The van der Waals surface area contributed by atoms with Crippen molar-refractivity contribution in [2.75, 3.05) is 0 Å². The number of carbonyl (C=O) groups excluding carboxylic acids is 1. The molecule has 0 amide bonds. The second-order valence-corrected chi connectivity index (χ2v) is 9.17. The summed E-state index contributed by atoms with van der Waals surface area (Å²) in [6, 6.07) is 0. The first kappa shape index (κ1) is 28.9. The van der Waals surface area contributed by atoms with E-state index in [4.69, 9.17) is 5.11 Å². The van der Waals surface area contributed by atoms with Gasteiger partial charge in [0.25, 0.3) is 0 Å². The zero-order chi connectivity index (χ0) is 24.2. The van der Waals surface area contributed by atoms with Gasteiger partial charge in [0, 0.05) is 17.8 Å². The highest BCUT2D eigenvalue weighted by atomic mass is 16.4. The van der Waals surface area contributed by atoms with Crippen LogP contribution in [0.4, 0.5) is 0 Å². The molecule has 0 aliphatic rings. The number of aliphatic hydroxyl groups is 6. The Morgan fingerprint density at radius 2 is 1.33 bits per heavy atom. The Kier molecular flexibility index (Phi) is 10.6. The maximum absolute atomic E-state index is 12.8. The molecule has 9 nitrogen and oxygen atoms in total. The predicted molar refractivity (Wildman–Crippen MR) is 109 cm³/mol. The van der Waals surface area contributed by atoms with Crippen molar-refractivity contribution in [2.45, 2.75) is 96.9 Å². The Bertz CT molecular complexity index is 575. The van der Waals surface area contributed by atoms with E-state index in [1.165, 1.54) is 41.5 Å². The van der Waals surface area contributed by atoms with Gasteiger partial charge in [-0.3, -0.25) is 9.59 Å². The minimum absolute atomic E-state index is 0.177. The Labute approximate surface area is 178 Å². The van der Waals surface area contributed by atoms with Crippen LogP contribution in [0.25, 0.3) is 0 Å². The fourth-order valence-corrected chi connectivity index (χ4v) is 3.92. The number of hydrogen-bond donors (Lipinski definition) is 7. The molecule has 9 heteroatoms. The van der Waals surface area contributed by atoms with Crippen molar-refractivity contribution in [1.82, 2.24) is 0 Å². The van der Waals surface area contributed by atoms with Crippen molar-refractivity contribution in [1.29, 1.82) is 0 Å². The van der Waals surface area contributed by atoms with E-state index in [1.807, 2.05) is 0 Å². The molecule has 0 radical (unpaired) electrons. The van der Waals surface area contributed by atoms with Crippen molar-refractivity contribution in [3.63, 3.8) is 0 Å². The topological polar surface area (TPSA) is 176 Å². The van der Waals surface area contributed by atoms with Crippen LogP contribution in [0.1, 0.15) is 61.3 Å². The number of rotatable bonds is 13. The van der Waals surface area contributed by atoms with Crippen molar-refractivity contribution < 1.29 is 45.3 Å². The lowest BCUT2D eigenvalue weighted by atomic mass is 9.74. The van der Waals surface area contributed by atoms with Crippen LogP contribution in [0.15, 0.2) is 0 Å². The summed E-state index contributed by atoms with van der Waals surface area (Å²) in [4.78, 5) is 23.8. The van der Waals surface area contributed by atoms with Gasteiger partial charge in [-0.05, 0) is 33.6 Å². The smallest absolute Gasteiger partial charge is 0.308 e. The van der Waals surface area contributed by atoms with Gasteiger partial charge in [0.2, 0.25) is 0 Å². The van der Waals surface area contributed by atoms with Gasteiger partial charge in [0.05, 0.1) is 35.9 Å². The molecular formula is C21H40O9. The summed E-state index contributed by atoms with van der Waals surface area (Å²) in [7, 11) is 0. The summed E-state index contributed by atoms with van der Waals surface area (Å²) in [6.07, 6.45) is -5.76. The highest BCUT2D eigenvalue weighted by Crippen LogP contribution is 2.32. The van der Waals surface area contributed by atoms with Crippen molar-refractivity contribution >= 4 is 11.8 Å². The van der Waals surface area contributed by atoms with Crippen molar-refractivity contribution in [3.05, 3.63) is 0 Å². The molecule has 0 saturated heterocycles. The van der Waals surface area contributed by atoms with Gasteiger partial charge in [0.15, 0.2) is 0 Å². The monoisotopic (exact) mass is 436 g/mol. The van der Waals surface area contributed by atoms with Crippen LogP contribution in [0.2, 0.25) is 0 Å². The van der Waals surface area contributed by atoms with Gasteiger partial charge in [-0.25, -0.2) is 0 Å². The van der Waals surface area contributed by atoms with E-state index < -0.39 is 71.0 Å². The molecule has 0 bridgehead atoms.